The predicted octanol–water partition coefficient (Wildman–Crippen LogP) is 1.41. The summed E-state index contributed by atoms with van der Waals surface area (Å²) < 4.78 is 3.42. The summed E-state index contributed by atoms with van der Waals surface area (Å²) >= 11 is 7.13. The Bertz CT molecular complexity index is 934. The van der Waals surface area contributed by atoms with Gasteiger partial charge in [0.25, 0.3) is 23.0 Å². The van der Waals surface area contributed by atoms with Gasteiger partial charge in [0.2, 0.25) is 0 Å². The first-order valence-electron chi connectivity index (χ1n) is 7.17. The van der Waals surface area contributed by atoms with Gasteiger partial charge in [-0.1, -0.05) is 17.7 Å². The number of halogens is 1. The number of hydrogen-bond donors (Lipinski definition) is 2. The third-order valence-corrected chi connectivity index (χ3v) is 4.52. The molecule has 3 aromatic rings. The van der Waals surface area contributed by atoms with Crippen LogP contribution in [0.5, 0.6) is 5.88 Å². The topological polar surface area (TPSA) is 88.3 Å². The van der Waals surface area contributed by atoms with Crippen LogP contribution in [-0.4, -0.2) is 32.9 Å². The molecular formula is C15H14ClN4O3S+. The Hall–Kier alpha value is -2.45. The molecule has 3 aromatic heterocycles. The van der Waals surface area contributed by atoms with Crippen molar-refractivity contribution in [3.05, 3.63) is 45.6 Å². The second-order valence-corrected chi connectivity index (χ2v) is 6.65. The van der Waals surface area contributed by atoms with Crippen LogP contribution in [0.1, 0.15) is 22.3 Å². The summed E-state index contributed by atoms with van der Waals surface area (Å²) in [6, 6.07) is 5.25. The van der Waals surface area contributed by atoms with Gasteiger partial charge in [-0.2, -0.15) is 4.40 Å². The highest BCUT2D eigenvalue weighted by atomic mass is 35.5. The monoisotopic (exact) mass is 365 g/mol. The molecular weight excluding hydrogens is 352 g/mol. The Balaban J connectivity index is 2.15. The van der Waals surface area contributed by atoms with Crippen LogP contribution in [0, 0.1) is 0 Å². The highest BCUT2D eigenvalue weighted by Gasteiger charge is 2.34. The van der Waals surface area contributed by atoms with Gasteiger partial charge in [0.15, 0.2) is 4.47 Å². The van der Waals surface area contributed by atoms with Crippen molar-refractivity contribution in [2.45, 2.75) is 13.5 Å². The fourth-order valence-electron chi connectivity index (χ4n) is 2.43. The summed E-state index contributed by atoms with van der Waals surface area (Å²) in [5, 5.41) is 12.9. The molecule has 0 spiro atoms. The first kappa shape index (κ1) is 16.4. The lowest BCUT2D eigenvalue weighted by atomic mass is 10.2. The average Bonchev–Trinajstić information content (AvgIpc) is 3.10. The van der Waals surface area contributed by atoms with Crippen LogP contribution in [0.25, 0.3) is 5.65 Å². The largest absolute Gasteiger partial charge is 0.474 e. The van der Waals surface area contributed by atoms with Crippen LogP contribution in [0.15, 0.2) is 30.6 Å². The number of imidazole rings is 1. The molecule has 0 unspecified atom stereocenters. The number of nitrogens with one attached hydrogen (secondary N) is 1. The summed E-state index contributed by atoms with van der Waals surface area (Å²) in [6.07, 6.45) is 3.22. The summed E-state index contributed by atoms with van der Waals surface area (Å²) in [5.74, 6) is -1.84. The quantitative estimate of drug-likeness (QED) is 0.406. The van der Waals surface area contributed by atoms with Gasteiger partial charge in [-0.3, -0.25) is 9.59 Å². The summed E-state index contributed by atoms with van der Waals surface area (Å²) in [5.41, 5.74) is 0.504. The number of ketones is 1. The van der Waals surface area contributed by atoms with Crippen molar-refractivity contribution >= 4 is 40.3 Å². The smallest absolute Gasteiger partial charge is 0.339 e. The van der Waals surface area contributed by atoms with Crippen molar-refractivity contribution in [2.24, 2.45) is 0 Å². The third-order valence-electron chi connectivity index (χ3n) is 3.42. The standard InChI is InChI=1S/C15H13ClN4O3S/c1-2-17-13(22)12(21)11-14(23)19-6-4-3-5-10(19)20(11)8-9-7-18-15(16)24-9/h3-7H,2,8H2,1H3,(H-,17,21,22,23)/p+1. The molecule has 0 radical (unpaired) electrons. The minimum atomic E-state index is -0.798. The number of pyridine rings is 1. The molecule has 0 aliphatic heterocycles. The molecule has 0 bridgehead atoms. The molecule has 0 aliphatic carbocycles. The number of aromatic hydroxyl groups is 1. The van der Waals surface area contributed by atoms with E-state index in [0.29, 0.717) is 16.7 Å². The van der Waals surface area contributed by atoms with Crippen molar-refractivity contribution in [1.82, 2.24) is 14.9 Å². The van der Waals surface area contributed by atoms with E-state index in [1.165, 1.54) is 15.7 Å². The van der Waals surface area contributed by atoms with E-state index in [-0.39, 0.29) is 18.1 Å². The molecule has 3 rings (SSSR count). The molecule has 9 heteroatoms. The molecule has 0 aromatic carbocycles. The molecule has 0 saturated carbocycles. The van der Waals surface area contributed by atoms with Crippen LogP contribution < -0.4 is 9.72 Å². The minimum absolute atomic E-state index is 0.0725. The van der Waals surface area contributed by atoms with Crippen LogP contribution >= 0.6 is 22.9 Å². The third kappa shape index (κ3) is 2.85. The van der Waals surface area contributed by atoms with Crippen molar-refractivity contribution < 1.29 is 19.1 Å². The number of carbonyl (C=O) groups is 2. The molecule has 24 heavy (non-hydrogen) atoms. The van der Waals surface area contributed by atoms with Crippen molar-refractivity contribution in [3.63, 3.8) is 0 Å². The molecule has 0 saturated heterocycles. The second-order valence-electron chi connectivity index (χ2n) is 4.96. The maximum Gasteiger partial charge on any atom is 0.339 e. The second kappa shape index (κ2) is 6.58. The van der Waals surface area contributed by atoms with Gasteiger partial charge in [0.05, 0.1) is 11.1 Å². The van der Waals surface area contributed by atoms with Gasteiger partial charge in [0, 0.05) is 18.8 Å². The van der Waals surface area contributed by atoms with Gasteiger partial charge in [-0.05, 0) is 13.0 Å². The van der Waals surface area contributed by atoms with Gasteiger partial charge in [-0.15, -0.1) is 11.3 Å². The maximum absolute atomic E-state index is 12.5. The van der Waals surface area contributed by atoms with Crippen LogP contribution in [0.4, 0.5) is 0 Å². The summed E-state index contributed by atoms with van der Waals surface area (Å²) in [7, 11) is 0. The fraction of sp³-hybridized carbons (Fsp3) is 0.200. The zero-order valence-corrected chi connectivity index (χ0v) is 14.3. The number of Topliss-reactive ketones (excluding diaryl/α,β-unsaturated/α-hetero) is 1. The zero-order valence-electron chi connectivity index (χ0n) is 12.7. The van der Waals surface area contributed by atoms with Gasteiger partial charge >= 0.3 is 5.88 Å². The number of carbonyl (C=O) groups excluding carboxylic acids is 2. The van der Waals surface area contributed by atoms with Crippen LogP contribution in [0.3, 0.4) is 0 Å². The molecule has 2 N–H and O–H groups in total. The van der Waals surface area contributed by atoms with Gasteiger partial charge < -0.3 is 10.4 Å². The lowest BCUT2D eigenvalue weighted by molar-refractivity contribution is -0.521. The molecule has 0 atom stereocenters. The molecule has 7 nitrogen and oxygen atoms in total. The number of aromatic nitrogens is 3. The number of likely N-dealkylation sites (N-methyl/N-ethyl adjacent to an activating group) is 1. The van der Waals surface area contributed by atoms with E-state index in [4.69, 9.17) is 11.6 Å². The fourth-order valence-corrected chi connectivity index (χ4v) is 3.39. The summed E-state index contributed by atoms with van der Waals surface area (Å²) in [4.78, 5) is 29.2. The van der Waals surface area contributed by atoms with E-state index < -0.39 is 11.7 Å². The molecule has 3 heterocycles. The molecule has 0 aliphatic rings. The van der Waals surface area contributed by atoms with E-state index in [1.807, 2.05) is 0 Å². The Kier molecular flexibility index (Phi) is 4.50. The van der Waals surface area contributed by atoms with Gasteiger partial charge in [0.1, 0.15) is 6.54 Å². The van der Waals surface area contributed by atoms with E-state index in [0.717, 1.165) is 4.88 Å². The predicted molar refractivity (Wildman–Crippen MR) is 88.5 cm³/mol. The Morgan fingerprint density at radius 3 is 2.92 bits per heavy atom. The Labute approximate surface area is 146 Å². The van der Waals surface area contributed by atoms with Crippen molar-refractivity contribution in [1.29, 1.82) is 0 Å². The highest BCUT2D eigenvalue weighted by molar-refractivity contribution is 7.15. The molecule has 124 valence electrons. The normalized spacial score (nSPS) is 10.9. The lowest BCUT2D eigenvalue weighted by Crippen LogP contribution is -2.32. The van der Waals surface area contributed by atoms with E-state index >= 15 is 0 Å². The number of hydrogen-bond acceptors (Lipinski definition) is 5. The summed E-state index contributed by atoms with van der Waals surface area (Å²) in [6.45, 7) is 2.30. The minimum Gasteiger partial charge on any atom is -0.474 e. The maximum atomic E-state index is 12.5. The number of amides is 1. The first-order chi connectivity index (χ1) is 11.5. The Morgan fingerprint density at radius 1 is 1.46 bits per heavy atom. The molecule has 1 amide bonds. The van der Waals surface area contributed by atoms with E-state index in [9.17, 15) is 14.7 Å². The molecule has 0 fully saturated rings. The number of fused-ring (bicyclic) bond motifs is 1. The zero-order chi connectivity index (χ0) is 17.3. The van der Waals surface area contributed by atoms with Crippen molar-refractivity contribution in [2.75, 3.05) is 6.54 Å². The number of thiazole rings is 1. The van der Waals surface area contributed by atoms with Crippen molar-refractivity contribution in [3.8, 4) is 5.88 Å². The number of rotatable bonds is 5. The Morgan fingerprint density at radius 2 is 2.25 bits per heavy atom. The highest BCUT2D eigenvalue weighted by Crippen LogP contribution is 2.23. The SMILES string of the molecule is CCNC(=O)C(=O)c1c(O)[n+]2ccccc2n1Cc1cnc(Cl)s1. The number of nitrogens with zero attached hydrogens (tertiary/aromatic N) is 3. The van der Waals surface area contributed by atoms with Crippen LogP contribution in [-0.2, 0) is 11.3 Å². The first-order valence-corrected chi connectivity index (χ1v) is 8.37. The lowest BCUT2D eigenvalue weighted by Gasteiger charge is -2.01. The van der Waals surface area contributed by atoms with E-state index in [1.54, 1.807) is 42.1 Å². The average molecular weight is 366 g/mol. The van der Waals surface area contributed by atoms with Gasteiger partial charge in [-0.25, -0.2) is 9.55 Å². The van der Waals surface area contributed by atoms with E-state index in [2.05, 4.69) is 10.3 Å². The van der Waals surface area contributed by atoms with Crippen LogP contribution in [0.2, 0.25) is 4.47 Å².